The van der Waals surface area contributed by atoms with E-state index in [0.717, 1.165) is 49.8 Å². The summed E-state index contributed by atoms with van der Waals surface area (Å²) in [5.41, 5.74) is 3.34. The van der Waals surface area contributed by atoms with E-state index in [9.17, 15) is 26.3 Å². The van der Waals surface area contributed by atoms with Crippen LogP contribution in [0.25, 0.3) is 11.1 Å². The number of allylic oxidation sites excluding steroid dienone is 4. The van der Waals surface area contributed by atoms with Crippen LogP contribution in [0, 0.1) is 0 Å². The minimum atomic E-state index is -4.58. The maximum atomic E-state index is 13.9. The summed E-state index contributed by atoms with van der Waals surface area (Å²) in [5.74, 6) is 0. The maximum absolute atomic E-state index is 13.9. The number of rotatable bonds is 4. The third-order valence-corrected chi connectivity index (χ3v) is 15.8. The number of benzene rings is 4. The largest absolute Gasteiger partial charge is 1.00 e. The summed E-state index contributed by atoms with van der Waals surface area (Å²) in [7, 11) is 0. The summed E-state index contributed by atoms with van der Waals surface area (Å²) < 4.78 is 85.0. The molecule has 0 radical (unpaired) electrons. The zero-order valence-electron chi connectivity index (χ0n) is 21.8. The Morgan fingerprint density at radius 1 is 0.619 bits per heavy atom. The van der Waals surface area contributed by atoms with Crippen LogP contribution in [-0.2, 0) is 33.6 Å². The van der Waals surface area contributed by atoms with Crippen molar-refractivity contribution in [1.29, 1.82) is 0 Å². The van der Waals surface area contributed by atoms with Gasteiger partial charge in [0.05, 0.1) is 0 Å². The quantitative estimate of drug-likeness (QED) is 0.287. The molecular formula is C33H22Cl2F6Zr. The topological polar surface area (TPSA) is 0 Å². The zero-order chi connectivity index (χ0) is 28.1. The molecule has 0 unspecified atom stereocenters. The molecular weight excluding hydrogens is 672 g/mol. The predicted octanol–water partition coefficient (Wildman–Crippen LogP) is 3.53. The van der Waals surface area contributed by atoms with Crippen molar-refractivity contribution in [2.75, 3.05) is 0 Å². The number of alkyl halides is 6. The van der Waals surface area contributed by atoms with Crippen molar-refractivity contribution in [2.45, 2.75) is 22.4 Å². The summed E-state index contributed by atoms with van der Waals surface area (Å²) in [6.07, 6.45) is -2.55. The van der Waals surface area contributed by atoms with Gasteiger partial charge >= 0.3 is 236 Å². The van der Waals surface area contributed by atoms with Gasteiger partial charge in [-0.15, -0.1) is 0 Å². The van der Waals surface area contributed by atoms with Gasteiger partial charge in [-0.25, -0.2) is 0 Å². The van der Waals surface area contributed by atoms with Crippen LogP contribution >= 0.6 is 0 Å². The summed E-state index contributed by atoms with van der Waals surface area (Å²) in [4.78, 5) is 0. The molecule has 0 amide bonds. The van der Waals surface area contributed by atoms with E-state index in [0.29, 0.717) is 20.8 Å². The minimum absolute atomic E-state index is 0. The molecule has 42 heavy (non-hydrogen) atoms. The normalized spacial score (nSPS) is 13.7. The molecule has 0 nitrogen and oxygen atoms in total. The predicted molar refractivity (Wildman–Crippen MR) is 142 cm³/mol. The molecule has 0 N–H and O–H groups in total. The van der Waals surface area contributed by atoms with Gasteiger partial charge in [-0.05, 0) is 0 Å². The second-order valence-electron chi connectivity index (χ2n) is 9.88. The van der Waals surface area contributed by atoms with Crippen LogP contribution in [0.15, 0.2) is 119 Å². The fraction of sp³-hybridized carbons (Fsp3) is 0.121. The van der Waals surface area contributed by atoms with Gasteiger partial charge in [-0.3, -0.25) is 0 Å². The summed E-state index contributed by atoms with van der Waals surface area (Å²) in [5, 5.41) is 0. The number of hydrogen-bond donors (Lipinski definition) is 0. The number of halogens is 8. The number of hydrogen-bond acceptors (Lipinski definition) is 0. The van der Waals surface area contributed by atoms with Crippen molar-refractivity contribution in [3.05, 3.63) is 152 Å². The van der Waals surface area contributed by atoms with Crippen molar-refractivity contribution >= 4 is 3.21 Å². The van der Waals surface area contributed by atoms with Crippen LogP contribution in [0.3, 0.4) is 0 Å². The standard InChI is InChI=1S/C15H8F6.C13H9.C5H5.2ClH.Zr/c16-14(17,18)12-5-1-3-10(8-12)7-11-4-2-6-13(9-11)15(19,20)21;1-3-7-12-10(5-1)9-11-6-2-4-8-13(11)12;1-2-4-5-3-1;;;/h1-6,8-9H;1-9H;1-3H,4H2;2*1H;/q;;;;;+2/p-2. The van der Waals surface area contributed by atoms with Gasteiger partial charge in [0.2, 0.25) is 0 Å². The first-order valence-electron chi connectivity index (χ1n) is 12.8. The van der Waals surface area contributed by atoms with E-state index >= 15 is 0 Å². The fourth-order valence-electron chi connectivity index (χ4n) is 5.78. The Hall–Kier alpha value is -2.73. The first kappa shape index (κ1) is 32.2. The smallest absolute Gasteiger partial charge is 1.00 e. The molecule has 2 aliphatic rings. The Bertz CT molecular complexity index is 1610. The van der Waals surface area contributed by atoms with Gasteiger partial charge in [0.15, 0.2) is 0 Å². The molecule has 0 spiro atoms. The van der Waals surface area contributed by atoms with Crippen LogP contribution in [0.4, 0.5) is 26.3 Å². The van der Waals surface area contributed by atoms with E-state index < -0.39 is 44.7 Å². The average Bonchev–Trinajstić information content (AvgIpc) is 3.58. The van der Waals surface area contributed by atoms with E-state index in [1.807, 2.05) is 54.6 Å². The molecule has 214 valence electrons. The van der Waals surface area contributed by atoms with Crippen LogP contribution in [0.5, 0.6) is 0 Å². The Morgan fingerprint density at radius 3 is 1.52 bits per heavy atom. The Kier molecular flexibility index (Phi) is 9.57. The van der Waals surface area contributed by atoms with E-state index in [1.165, 1.54) is 12.1 Å². The molecule has 0 bridgehead atoms. The first-order chi connectivity index (χ1) is 19.1. The summed E-state index contributed by atoms with van der Waals surface area (Å²) >= 11 is -3.39. The molecule has 0 heterocycles. The van der Waals surface area contributed by atoms with Crippen LogP contribution < -0.4 is 24.8 Å². The first-order valence-corrected chi connectivity index (χ1v) is 16.6. The van der Waals surface area contributed by atoms with Gasteiger partial charge in [0, 0.05) is 0 Å². The number of fused-ring (bicyclic) bond motifs is 3. The summed E-state index contributed by atoms with van der Waals surface area (Å²) in [6, 6.07) is 26.2. The van der Waals surface area contributed by atoms with E-state index in [1.54, 1.807) is 12.1 Å². The third-order valence-electron chi connectivity index (χ3n) is 7.47. The molecule has 4 aromatic rings. The van der Waals surface area contributed by atoms with Crippen LogP contribution in [0.2, 0.25) is 0 Å². The summed E-state index contributed by atoms with van der Waals surface area (Å²) in [6.45, 7) is 0. The second-order valence-corrected chi connectivity index (χ2v) is 16.1. The molecule has 0 saturated heterocycles. The van der Waals surface area contributed by atoms with Crippen LogP contribution in [-0.4, -0.2) is 3.21 Å². The Morgan fingerprint density at radius 2 is 1.10 bits per heavy atom. The molecule has 0 aliphatic heterocycles. The molecule has 2 aliphatic carbocycles. The van der Waals surface area contributed by atoms with Crippen LogP contribution in [0.1, 0.15) is 43.4 Å². The molecule has 9 heteroatoms. The van der Waals surface area contributed by atoms with Crippen molar-refractivity contribution < 1.29 is 72.4 Å². The van der Waals surface area contributed by atoms with E-state index in [4.69, 9.17) is 0 Å². The van der Waals surface area contributed by atoms with E-state index in [-0.39, 0.29) is 28.4 Å². The molecule has 0 aromatic heterocycles. The monoisotopic (exact) mass is 692 g/mol. The second kappa shape index (κ2) is 12.5. The molecule has 0 atom stereocenters. The molecule has 0 fully saturated rings. The third kappa shape index (κ3) is 6.02. The van der Waals surface area contributed by atoms with Gasteiger partial charge in [0.1, 0.15) is 0 Å². The van der Waals surface area contributed by atoms with Gasteiger partial charge in [-0.2, -0.15) is 0 Å². The average molecular weight is 695 g/mol. The SMILES string of the molecule is FC(F)(F)c1cccc([C](c2cccc(C(F)(F)F)c2)=[Zr+2]([C]2=CC=CC2)[CH]2c3ccccc3-c3ccccc32)c1.[Cl-].[Cl-]. The molecule has 0 saturated carbocycles. The Balaban J connectivity index is 0.00000202. The van der Waals surface area contributed by atoms with Crippen molar-refractivity contribution in [3.63, 3.8) is 0 Å². The van der Waals surface area contributed by atoms with Gasteiger partial charge in [-0.1, -0.05) is 0 Å². The Labute approximate surface area is 259 Å². The fourth-order valence-corrected chi connectivity index (χ4v) is 14.8. The van der Waals surface area contributed by atoms with Gasteiger partial charge in [0.25, 0.3) is 0 Å². The van der Waals surface area contributed by atoms with Crippen molar-refractivity contribution in [2.24, 2.45) is 0 Å². The van der Waals surface area contributed by atoms with E-state index in [2.05, 4.69) is 12.1 Å². The maximum Gasteiger partial charge on any atom is -1.00 e. The molecule has 6 rings (SSSR count). The van der Waals surface area contributed by atoms with Crippen molar-refractivity contribution in [3.8, 4) is 11.1 Å². The zero-order valence-corrected chi connectivity index (χ0v) is 25.7. The van der Waals surface area contributed by atoms with Crippen molar-refractivity contribution in [1.82, 2.24) is 0 Å². The molecule has 4 aromatic carbocycles. The van der Waals surface area contributed by atoms with Gasteiger partial charge < -0.3 is 24.8 Å². The minimum Gasteiger partial charge on any atom is -1.00 e.